The Hall–Kier alpha value is -3.02. The van der Waals surface area contributed by atoms with Gasteiger partial charge in [-0.15, -0.1) is 11.3 Å². The quantitative estimate of drug-likeness (QED) is 0.142. The van der Waals surface area contributed by atoms with E-state index in [2.05, 4.69) is 23.6 Å². The minimum Gasteiger partial charge on any atom is -0.372 e. The van der Waals surface area contributed by atoms with E-state index in [1.165, 1.54) is 21.1 Å². The van der Waals surface area contributed by atoms with Crippen LogP contribution >= 0.6 is 23.6 Å². The van der Waals surface area contributed by atoms with Crippen LogP contribution in [0.5, 0.6) is 0 Å². The van der Waals surface area contributed by atoms with E-state index in [9.17, 15) is 9.59 Å². The molecule has 0 N–H and O–H groups in total. The summed E-state index contributed by atoms with van der Waals surface area (Å²) in [4.78, 5) is 36.6. The summed E-state index contributed by atoms with van der Waals surface area (Å²) in [6, 6.07) is 9.77. The summed E-state index contributed by atoms with van der Waals surface area (Å²) in [5.41, 5.74) is 2.34. The highest BCUT2D eigenvalue weighted by atomic mass is 32.1. The van der Waals surface area contributed by atoms with Gasteiger partial charge in [-0.1, -0.05) is 57.0 Å². The standard InChI is InChI=1S/C28H34N4O2S2/c1-6-10-17-30(18-11-7-2)27-24(29-5)23(20-15-13-12-14-16-20)22(36-27)19-21-25(33)31(8-3)28(35)32(9-4)26(21)34/h12-16,19H,6-11,17-18H2,1-4H3. The molecule has 1 aliphatic rings. The van der Waals surface area contributed by atoms with E-state index in [0.29, 0.717) is 18.8 Å². The van der Waals surface area contributed by atoms with Crippen molar-refractivity contribution in [2.75, 3.05) is 31.1 Å². The minimum atomic E-state index is -0.385. The Bertz CT molecular complexity index is 1140. The summed E-state index contributed by atoms with van der Waals surface area (Å²) in [6.45, 7) is 18.6. The molecule has 0 spiro atoms. The number of benzene rings is 1. The number of anilines is 1. The van der Waals surface area contributed by atoms with Crippen LogP contribution in [0, 0.1) is 6.57 Å². The van der Waals surface area contributed by atoms with E-state index >= 15 is 0 Å². The molecule has 0 saturated carbocycles. The molecule has 0 aliphatic carbocycles. The molecule has 8 heteroatoms. The summed E-state index contributed by atoms with van der Waals surface area (Å²) in [5, 5.41) is 1.15. The first kappa shape index (κ1) is 27.6. The van der Waals surface area contributed by atoms with Gasteiger partial charge in [-0.3, -0.25) is 19.4 Å². The molecular weight excluding hydrogens is 488 g/mol. The predicted octanol–water partition coefficient (Wildman–Crippen LogP) is 6.75. The zero-order valence-electron chi connectivity index (χ0n) is 21.5. The Morgan fingerprint density at radius 3 is 2.00 bits per heavy atom. The van der Waals surface area contributed by atoms with E-state index in [4.69, 9.17) is 18.8 Å². The Balaban J connectivity index is 2.24. The number of thiocarbonyl (C=S) groups is 1. The maximum Gasteiger partial charge on any atom is 0.265 e. The lowest BCUT2D eigenvalue weighted by atomic mass is 10.0. The third-order valence-corrected chi connectivity index (χ3v) is 7.87. The smallest absolute Gasteiger partial charge is 0.265 e. The minimum absolute atomic E-state index is 0.0856. The Labute approximate surface area is 224 Å². The van der Waals surface area contributed by atoms with E-state index in [0.717, 1.165) is 59.8 Å². The van der Waals surface area contributed by atoms with Crippen molar-refractivity contribution >= 4 is 57.2 Å². The predicted molar refractivity (Wildman–Crippen MR) is 153 cm³/mol. The second-order valence-corrected chi connectivity index (χ2v) is 10.0. The molecule has 0 unspecified atom stereocenters. The second-order valence-electron chi connectivity index (χ2n) is 8.61. The first-order chi connectivity index (χ1) is 17.4. The van der Waals surface area contributed by atoms with E-state index in [-0.39, 0.29) is 22.5 Å². The number of amides is 2. The number of carbonyl (C=O) groups is 2. The van der Waals surface area contributed by atoms with Crippen LogP contribution in [0.25, 0.3) is 22.0 Å². The van der Waals surface area contributed by atoms with Crippen LogP contribution in [-0.2, 0) is 9.59 Å². The van der Waals surface area contributed by atoms with Gasteiger partial charge in [0.1, 0.15) is 5.57 Å². The monoisotopic (exact) mass is 522 g/mol. The molecule has 2 heterocycles. The van der Waals surface area contributed by atoms with E-state index < -0.39 is 0 Å². The van der Waals surface area contributed by atoms with Crippen LogP contribution in [-0.4, -0.2) is 52.9 Å². The molecule has 0 atom stereocenters. The lowest BCUT2D eigenvalue weighted by Gasteiger charge is -2.35. The van der Waals surface area contributed by atoms with Gasteiger partial charge in [0.25, 0.3) is 11.8 Å². The normalized spacial score (nSPS) is 13.9. The molecule has 1 aliphatic heterocycles. The zero-order chi connectivity index (χ0) is 26.2. The summed E-state index contributed by atoms with van der Waals surface area (Å²) in [5.74, 6) is -0.770. The number of likely N-dealkylation sites (N-methyl/N-ethyl adjacent to an activating group) is 2. The lowest BCUT2D eigenvalue weighted by Crippen LogP contribution is -2.55. The van der Waals surface area contributed by atoms with Gasteiger partial charge in [0, 0.05) is 36.6 Å². The number of hydrogen-bond donors (Lipinski definition) is 0. The average molecular weight is 523 g/mol. The van der Waals surface area contributed by atoms with Crippen LogP contribution in [0.4, 0.5) is 10.7 Å². The van der Waals surface area contributed by atoms with Crippen molar-refractivity contribution in [3.05, 3.63) is 52.2 Å². The fourth-order valence-corrected chi connectivity index (χ4v) is 5.94. The molecule has 6 nitrogen and oxygen atoms in total. The van der Waals surface area contributed by atoms with Crippen molar-refractivity contribution < 1.29 is 9.59 Å². The summed E-state index contributed by atoms with van der Waals surface area (Å²) < 4.78 is 0. The summed E-state index contributed by atoms with van der Waals surface area (Å²) in [6.07, 6.45) is 5.86. The van der Waals surface area contributed by atoms with Crippen molar-refractivity contribution in [1.29, 1.82) is 0 Å². The molecule has 3 rings (SSSR count). The number of unbranched alkanes of at least 4 members (excludes halogenated alkanes) is 2. The molecule has 1 aromatic heterocycles. The lowest BCUT2D eigenvalue weighted by molar-refractivity contribution is -0.133. The molecule has 1 fully saturated rings. The third-order valence-electron chi connectivity index (χ3n) is 6.24. The van der Waals surface area contributed by atoms with Gasteiger partial charge in [0.05, 0.1) is 11.6 Å². The molecular formula is C28H34N4O2S2. The first-order valence-electron chi connectivity index (χ1n) is 12.7. The molecule has 36 heavy (non-hydrogen) atoms. The van der Waals surface area contributed by atoms with Crippen molar-refractivity contribution in [2.45, 2.75) is 53.4 Å². The maximum absolute atomic E-state index is 13.3. The molecule has 0 bridgehead atoms. The van der Waals surface area contributed by atoms with Gasteiger partial charge in [0.15, 0.2) is 5.11 Å². The number of thiophene rings is 1. The molecule has 190 valence electrons. The summed E-state index contributed by atoms with van der Waals surface area (Å²) >= 11 is 6.91. The zero-order valence-corrected chi connectivity index (χ0v) is 23.2. The number of nitrogens with zero attached hydrogens (tertiary/aromatic N) is 4. The third kappa shape index (κ3) is 5.53. The van der Waals surface area contributed by atoms with Crippen LogP contribution in [0.15, 0.2) is 35.9 Å². The molecule has 2 aromatic rings. The van der Waals surface area contributed by atoms with Crippen LogP contribution in [0.2, 0.25) is 0 Å². The van der Waals surface area contributed by atoms with Crippen LogP contribution in [0.3, 0.4) is 0 Å². The fraction of sp³-hybridized carbons (Fsp3) is 0.429. The first-order valence-corrected chi connectivity index (χ1v) is 13.9. The Kier molecular flexibility index (Phi) is 9.80. The van der Waals surface area contributed by atoms with Crippen molar-refractivity contribution in [1.82, 2.24) is 9.80 Å². The number of rotatable bonds is 11. The topological polar surface area (TPSA) is 48.2 Å². The van der Waals surface area contributed by atoms with Gasteiger partial charge >= 0.3 is 0 Å². The van der Waals surface area contributed by atoms with Crippen molar-refractivity contribution in [3.8, 4) is 11.1 Å². The molecule has 1 aromatic carbocycles. The van der Waals surface area contributed by atoms with E-state index in [1.807, 2.05) is 44.2 Å². The van der Waals surface area contributed by atoms with Crippen LogP contribution in [0.1, 0.15) is 58.3 Å². The maximum atomic E-state index is 13.3. The van der Waals surface area contributed by atoms with Crippen LogP contribution < -0.4 is 4.90 Å². The molecule has 2 amide bonds. The molecule has 1 saturated heterocycles. The fourth-order valence-electron chi connectivity index (χ4n) is 4.26. The largest absolute Gasteiger partial charge is 0.372 e. The van der Waals surface area contributed by atoms with Gasteiger partial charge in [-0.25, -0.2) is 4.85 Å². The highest BCUT2D eigenvalue weighted by Crippen LogP contribution is 2.49. The van der Waals surface area contributed by atoms with Gasteiger partial charge < -0.3 is 4.90 Å². The van der Waals surface area contributed by atoms with Gasteiger partial charge in [-0.2, -0.15) is 0 Å². The van der Waals surface area contributed by atoms with Gasteiger partial charge in [0.2, 0.25) is 5.69 Å². The van der Waals surface area contributed by atoms with Crippen molar-refractivity contribution in [3.63, 3.8) is 0 Å². The van der Waals surface area contributed by atoms with Crippen molar-refractivity contribution in [2.24, 2.45) is 0 Å². The second kappa shape index (κ2) is 12.8. The average Bonchev–Trinajstić information content (AvgIpc) is 3.25. The summed E-state index contributed by atoms with van der Waals surface area (Å²) in [7, 11) is 0. The SMILES string of the molecule is [C-]#[N+]c1c(N(CCCC)CCCC)sc(C=C2C(=O)N(CC)C(=S)N(CC)C2=O)c1-c1ccccc1. The Morgan fingerprint density at radius 1 is 0.972 bits per heavy atom. The highest BCUT2D eigenvalue weighted by Gasteiger charge is 2.38. The highest BCUT2D eigenvalue weighted by molar-refractivity contribution is 7.80. The number of carbonyl (C=O) groups excluding carboxylic acids is 2. The molecule has 0 radical (unpaired) electrons. The Morgan fingerprint density at radius 2 is 1.53 bits per heavy atom. The number of hydrogen-bond acceptors (Lipinski definition) is 5. The van der Waals surface area contributed by atoms with E-state index in [1.54, 1.807) is 6.08 Å². The van der Waals surface area contributed by atoms with Gasteiger partial charge in [-0.05, 0) is 50.5 Å².